The van der Waals surface area contributed by atoms with Gasteiger partial charge in [-0.15, -0.1) is 0 Å². The molecule has 1 aromatic heterocycles. The molecule has 0 aliphatic heterocycles. The number of hydrogen-bond acceptors (Lipinski definition) is 2. The predicted molar refractivity (Wildman–Crippen MR) is 70.8 cm³/mol. The third-order valence-corrected chi connectivity index (χ3v) is 2.95. The van der Waals surface area contributed by atoms with E-state index in [1.165, 1.54) is 11.3 Å². The van der Waals surface area contributed by atoms with Gasteiger partial charge in [-0.05, 0) is 31.2 Å². The van der Waals surface area contributed by atoms with Crippen LogP contribution in [0.5, 0.6) is 0 Å². The van der Waals surface area contributed by atoms with Crippen LogP contribution in [0.25, 0.3) is 0 Å². The Bertz CT molecular complexity index is 460. The number of hydrogen-bond donors (Lipinski definition) is 2. The van der Waals surface area contributed by atoms with E-state index in [0.717, 1.165) is 31.4 Å². The van der Waals surface area contributed by atoms with Crippen molar-refractivity contribution in [3.05, 3.63) is 47.3 Å². The fourth-order valence-electron chi connectivity index (χ4n) is 2.08. The zero-order chi connectivity index (χ0) is 12.1. The molecule has 0 aliphatic carbocycles. The number of H-pyrrole nitrogens is 1. The van der Waals surface area contributed by atoms with Crippen LogP contribution in [0.15, 0.2) is 30.3 Å². The first-order valence-corrected chi connectivity index (χ1v) is 6.16. The van der Waals surface area contributed by atoms with Gasteiger partial charge in [-0.1, -0.05) is 37.3 Å². The van der Waals surface area contributed by atoms with E-state index in [2.05, 4.69) is 41.2 Å². The molecule has 3 N–H and O–H groups in total. The van der Waals surface area contributed by atoms with Crippen molar-refractivity contribution >= 4 is 5.95 Å². The molecule has 3 heteroatoms. The summed E-state index contributed by atoms with van der Waals surface area (Å²) in [7, 11) is 0. The fraction of sp³-hybridized carbons (Fsp3) is 0.357. The van der Waals surface area contributed by atoms with Gasteiger partial charge in [-0.3, -0.25) is 0 Å². The van der Waals surface area contributed by atoms with Crippen molar-refractivity contribution in [1.29, 1.82) is 0 Å². The van der Waals surface area contributed by atoms with E-state index in [1.807, 2.05) is 6.07 Å². The molecular formula is C14H19N3. The molecule has 0 amide bonds. The molecule has 0 spiro atoms. The minimum atomic E-state index is 0.538. The van der Waals surface area contributed by atoms with Gasteiger partial charge in [0, 0.05) is 5.69 Å². The van der Waals surface area contributed by atoms with Gasteiger partial charge in [0.25, 0.3) is 0 Å². The number of nitrogens with zero attached hydrogens (tertiary/aromatic N) is 1. The first kappa shape index (κ1) is 11.7. The van der Waals surface area contributed by atoms with E-state index in [9.17, 15) is 0 Å². The Balaban J connectivity index is 1.90. The molecule has 0 unspecified atom stereocenters. The first-order chi connectivity index (χ1) is 8.29. The van der Waals surface area contributed by atoms with Gasteiger partial charge in [0.15, 0.2) is 5.95 Å². The van der Waals surface area contributed by atoms with E-state index in [1.54, 1.807) is 0 Å². The van der Waals surface area contributed by atoms with E-state index >= 15 is 0 Å². The van der Waals surface area contributed by atoms with Gasteiger partial charge in [0.2, 0.25) is 0 Å². The normalized spacial score (nSPS) is 10.6. The highest BCUT2D eigenvalue weighted by Crippen LogP contribution is 2.12. The monoisotopic (exact) mass is 229 g/mol. The van der Waals surface area contributed by atoms with Gasteiger partial charge in [-0.25, -0.2) is 4.98 Å². The highest BCUT2D eigenvalue weighted by Gasteiger charge is 2.06. The minimum absolute atomic E-state index is 0.538. The second-order valence-corrected chi connectivity index (χ2v) is 4.24. The Hall–Kier alpha value is -1.77. The van der Waals surface area contributed by atoms with Crippen LogP contribution in [0.1, 0.15) is 30.3 Å². The van der Waals surface area contributed by atoms with E-state index in [4.69, 9.17) is 5.73 Å². The molecule has 17 heavy (non-hydrogen) atoms. The molecule has 1 heterocycles. The fourth-order valence-corrected chi connectivity index (χ4v) is 2.08. The molecule has 0 aliphatic rings. The summed E-state index contributed by atoms with van der Waals surface area (Å²) in [5, 5.41) is 0. The third-order valence-electron chi connectivity index (χ3n) is 2.95. The highest BCUT2D eigenvalue weighted by atomic mass is 15.0. The zero-order valence-electron chi connectivity index (χ0n) is 10.2. The molecule has 3 nitrogen and oxygen atoms in total. The van der Waals surface area contributed by atoms with E-state index in [-0.39, 0.29) is 0 Å². The molecule has 0 saturated heterocycles. The van der Waals surface area contributed by atoms with Crippen LogP contribution in [0.4, 0.5) is 5.95 Å². The first-order valence-electron chi connectivity index (χ1n) is 6.16. The van der Waals surface area contributed by atoms with Crippen LogP contribution in [0.2, 0.25) is 0 Å². The molecule has 0 fully saturated rings. The molecule has 0 saturated carbocycles. The summed E-state index contributed by atoms with van der Waals surface area (Å²) in [5.41, 5.74) is 9.36. The standard InChI is InChI=1S/C14H19N3/c1-2-12-13(17-14(15)16-12)10-6-9-11-7-4-3-5-8-11/h3-5,7-8H,2,6,9-10H2,1H3,(H3,15,16,17). The van der Waals surface area contributed by atoms with Crippen molar-refractivity contribution in [3.63, 3.8) is 0 Å². The van der Waals surface area contributed by atoms with Crippen molar-refractivity contribution in [3.8, 4) is 0 Å². The molecule has 90 valence electrons. The van der Waals surface area contributed by atoms with Gasteiger partial charge < -0.3 is 10.7 Å². The summed E-state index contributed by atoms with van der Waals surface area (Å²) in [4.78, 5) is 7.43. The van der Waals surface area contributed by atoms with Crippen LogP contribution in [-0.2, 0) is 19.3 Å². The predicted octanol–water partition coefficient (Wildman–Crippen LogP) is 2.73. The summed E-state index contributed by atoms with van der Waals surface area (Å²) in [6.07, 6.45) is 4.18. The summed E-state index contributed by atoms with van der Waals surface area (Å²) in [6, 6.07) is 10.6. The highest BCUT2D eigenvalue weighted by molar-refractivity contribution is 5.26. The second kappa shape index (κ2) is 5.53. The molecular weight excluding hydrogens is 210 g/mol. The number of nitrogen functional groups attached to an aromatic ring is 1. The molecule has 2 rings (SSSR count). The Morgan fingerprint density at radius 3 is 2.65 bits per heavy atom. The quantitative estimate of drug-likeness (QED) is 0.828. The number of imidazole rings is 1. The average Bonchev–Trinajstić information content (AvgIpc) is 2.71. The molecule has 0 atom stereocenters. The number of aromatic amines is 1. The minimum Gasteiger partial charge on any atom is -0.369 e. The lowest BCUT2D eigenvalue weighted by Gasteiger charge is -2.01. The van der Waals surface area contributed by atoms with Crippen LogP contribution in [0.3, 0.4) is 0 Å². The van der Waals surface area contributed by atoms with Crippen molar-refractivity contribution < 1.29 is 0 Å². The summed E-state index contributed by atoms with van der Waals surface area (Å²) in [6.45, 7) is 2.11. The number of nitrogens with one attached hydrogen (secondary N) is 1. The summed E-state index contributed by atoms with van der Waals surface area (Å²) < 4.78 is 0. The van der Waals surface area contributed by atoms with Crippen LogP contribution < -0.4 is 5.73 Å². The van der Waals surface area contributed by atoms with Gasteiger partial charge in [-0.2, -0.15) is 0 Å². The van der Waals surface area contributed by atoms with Gasteiger partial charge in [0.05, 0.1) is 5.69 Å². The van der Waals surface area contributed by atoms with Gasteiger partial charge >= 0.3 is 0 Å². The number of anilines is 1. The maximum atomic E-state index is 5.67. The van der Waals surface area contributed by atoms with Crippen molar-refractivity contribution in [2.24, 2.45) is 0 Å². The summed E-state index contributed by atoms with van der Waals surface area (Å²) in [5.74, 6) is 0.538. The van der Waals surface area contributed by atoms with Crippen molar-refractivity contribution in [2.75, 3.05) is 5.73 Å². The lowest BCUT2D eigenvalue weighted by Crippen LogP contribution is -1.94. The van der Waals surface area contributed by atoms with E-state index < -0.39 is 0 Å². The largest absolute Gasteiger partial charge is 0.369 e. The Labute approximate surface area is 102 Å². The van der Waals surface area contributed by atoms with Crippen LogP contribution in [-0.4, -0.2) is 9.97 Å². The van der Waals surface area contributed by atoms with Crippen LogP contribution in [0, 0.1) is 0 Å². The Kier molecular flexibility index (Phi) is 3.81. The molecule has 0 radical (unpaired) electrons. The molecule has 2 aromatic rings. The Morgan fingerprint density at radius 2 is 1.94 bits per heavy atom. The lowest BCUT2D eigenvalue weighted by molar-refractivity contribution is 0.793. The maximum Gasteiger partial charge on any atom is 0.197 e. The summed E-state index contributed by atoms with van der Waals surface area (Å²) >= 11 is 0. The van der Waals surface area contributed by atoms with Crippen molar-refractivity contribution in [1.82, 2.24) is 9.97 Å². The Morgan fingerprint density at radius 1 is 1.18 bits per heavy atom. The number of rotatable bonds is 5. The smallest absolute Gasteiger partial charge is 0.197 e. The molecule has 0 bridgehead atoms. The average molecular weight is 229 g/mol. The van der Waals surface area contributed by atoms with E-state index in [0.29, 0.717) is 5.95 Å². The van der Waals surface area contributed by atoms with Gasteiger partial charge in [0.1, 0.15) is 0 Å². The second-order valence-electron chi connectivity index (χ2n) is 4.24. The number of aromatic nitrogens is 2. The SMILES string of the molecule is CCc1nc(N)[nH]c1CCCc1ccccc1. The topological polar surface area (TPSA) is 54.7 Å². The van der Waals surface area contributed by atoms with Crippen LogP contribution >= 0.6 is 0 Å². The number of nitrogens with two attached hydrogens (primary N) is 1. The third kappa shape index (κ3) is 3.09. The van der Waals surface area contributed by atoms with Crippen molar-refractivity contribution in [2.45, 2.75) is 32.6 Å². The number of benzene rings is 1. The maximum absolute atomic E-state index is 5.67. The number of aryl methyl sites for hydroxylation is 3. The molecule has 1 aromatic carbocycles. The zero-order valence-corrected chi connectivity index (χ0v) is 10.2. The lowest BCUT2D eigenvalue weighted by atomic mass is 10.1.